The van der Waals surface area contributed by atoms with Crippen LogP contribution >= 0.6 is 0 Å². The van der Waals surface area contributed by atoms with E-state index in [1.807, 2.05) is 6.20 Å². The van der Waals surface area contributed by atoms with E-state index in [0.29, 0.717) is 12.5 Å². The third-order valence-corrected chi connectivity index (χ3v) is 2.16. The summed E-state index contributed by atoms with van der Waals surface area (Å²) in [4.78, 5) is 0. The summed E-state index contributed by atoms with van der Waals surface area (Å²) in [5.74, 6) is 0.433. The molecule has 0 aliphatic rings. The molecule has 0 spiro atoms. The second-order valence-corrected chi connectivity index (χ2v) is 4.28. The Morgan fingerprint density at radius 1 is 1.57 bits per heavy atom. The molecule has 4 nitrogen and oxygen atoms in total. The summed E-state index contributed by atoms with van der Waals surface area (Å²) in [5, 5.41) is 22.6. The molecular weight excluding hydrogens is 180 g/mol. The first-order valence-electron chi connectivity index (χ1n) is 4.80. The Morgan fingerprint density at radius 3 is 2.64 bits per heavy atom. The summed E-state index contributed by atoms with van der Waals surface area (Å²) < 4.78 is 1.66. The summed E-state index contributed by atoms with van der Waals surface area (Å²) >= 11 is 0. The number of rotatable bonds is 4. The van der Waals surface area contributed by atoms with Gasteiger partial charge in [0.05, 0.1) is 19.3 Å². The molecule has 1 rings (SSSR count). The monoisotopic (exact) mass is 198 g/mol. The molecule has 0 fully saturated rings. The van der Waals surface area contributed by atoms with E-state index in [-0.39, 0.29) is 6.61 Å². The van der Waals surface area contributed by atoms with Gasteiger partial charge in [-0.3, -0.25) is 4.68 Å². The molecular formula is C10H18N2O2. The largest absolute Gasteiger partial charge is 0.393 e. The van der Waals surface area contributed by atoms with E-state index in [0.717, 1.165) is 5.56 Å². The van der Waals surface area contributed by atoms with Crippen LogP contribution in [0.25, 0.3) is 0 Å². The van der Waals surface area contributed by atoms with E-state index >= 15 is 0 Å². The van der Waals surface area contributed by atoms with Crippen LogP contribution < -0.4 is 0 Å². The number of hydrogen-bond donors (Lipinski definition) is 2. The van der Waals surface area contributed by atoms with Gasteiger partial charge in [-0.05, 0) is 18.4 Å². The number of nitrogens with zero attached hydrogens (tertiary/aromatic N) is 2. The molecule has 0 radical (unpaired) electrons. The first-order chi connectivity index (χ1) is 6.44. The van der Waals surface area contributed by atoms with E-state index in [2.05, 4.69) is 18.9 Å². The van der Waals surface area contributed by atoms with Crippen molar-refractivity contribution in [3.05, 3.63) is 18.0 Å². The van der Waals surface area contributed by atoms with Gasteiger partial charge in [-0.1, -0.05) is 13.8 Å². The lowest BCUT2D eigenvalue weighted by Crippen LogP contribution is -2.34. The van der Waals surface area contributed by atoms with Gasteiger partial charge in [0, 0.05) is 6.20 Å². The molecule has 0 bridgehead atoms. The summed E-state index contributed by atoms with van der Waals surface area (Å²) in [6.45, 7) is 5.82. The Bertz CT molecular complexity index is 292. The third kappa shape index (κ3) is 2.82. The molecule has 1 aromatic heterocycles. The predicted octanol–water partition coefficient (Wildman–Crippen LogP) is 0.750. The highest BCUT2D eigenvalue weighted by atomic mass is 16.3. The van der Waals surface area contributed by atoms with Gasteiger partial charge in [-0.15, -0.1) is 0 Å². The SMILES string of the molecule is CC(C)c1cnn(CC(C)(O)CO)c1. The number of aliphatic hydroxyl groups is 2. The van der Waals surface area contributed by atoms with Gasteiger partial charge in [-0.2, -0.15) is 5.10 Å². The standard InChI is InChI=1S/C10H18N2O2/c1-8(2)9-4-11-12(5-9)6-10(3,14)7-13/h4-5,8,13-14H,6-7H2,1-3H3. The lowest BCUT2D eigenvalue weighted by Gasteiger charge is -2.19. The maximum Gasteiger partial charge on any atom is 0.104 e. The van der Waals surface area contributed by atoms with Crippen LogP contribution in [0.15, 0.2) is 12.4 Å². The van der Waals surface area contributed by atoms with Crippen molar-refractivity contribution in [2.24, 2.45) is 0 Å². The van der Waals surface area contributed by atoms with Gasteiger partial charge in [0.15, 0.2) is 0 Å². The Labute approximate surface area is 84.2 Å². The Kier molecular flexibility index (Phi) is 3.29. The summed E-state index contributed by atoms with van der Waals surface area (Å²) in [7, 11) is 0. The molecule has 0 saturated heterocycles. The zero-order chi connectivity index (χ0) is 10.8. The average Bonchev–Trinajstić information content (AvgIpc) is 2.52. The molecule has 80 valence electrons. The minimum absolute atomic E-state index is 0.260. The van der Waals surface area contributed by atoms with Gasteiger partial charge in [-0.25, -0.2) is 0 Å². The van der Waals surface area contributed by atoms with Gasteiger partial charge in [0.1, 0.15) is 5.60 Å². The second kappa shape index (κ2) is 4.11. The summed E-state index contributed by atoms with van der Waals surface area (Å²) in [6.07, 6.45) is 3.69. The minimum atomic E-state index is -1.10. The van der Waals surface area contributed by atoms with Crippen molar-refractivity contribution in [3.63, 3.8) is 0 Å². The summed E-state index contributed by atoms with van der Waals surface area (Å²) in [5.41, 5.74) is 0.0408. The zero-order valence-corrected chi connectivity index (χ0v) is 8.94. The minimum Gasteiger partial charge on any atom is -0.393 e. The van der Waals surface area contributed by atoms with Crippen molar-refractivity contribution >= 4 is 0 Å². The fourth-order valence-corrected chi connectivity index (χ4v) is 1.16. The molecule has 2 N–H and O–H groups in total. The molecule has 0 saturated carbocycles. The fourth-order valence-electron chi connectivity index (χ4n) is 1.16. The van der Waals surface area contributed by atoms with Crippen LogP contribution in [0.2, 0.25) is 0 Å². The van der Waals surface area contributed by atoms with Crippen LogP contribution in [-0.2, 0) is 6.54 Å². The first kappa shape index (κ1) is 11.2. The van der Waals surface area contributed by atoms with Gasteiger partial charge in [0.2, 0.25) is 0 Å². The van der Waals surface area contributed by atoms with E-state index < -0.39 is 5.60 Å². The van der Waals surface area contributed by atoms with Crippen molar-refractivity contribution in [1.29, 1.82) is 0 Å². The first-order valence-corrected chi connectivity index (χ1v) is 4.80. The quantitative estimate of drug-likeness (QED) is 0.750. The molecule has 1 heterocycles. The summed E-state index contributed by atoms with van der Waals surface area (Å²) in [6, 6.07) is 0. The topological polar surface area (TPSA) is 58.3 Å². The van der Waals surface area contributed by atoms with Crippen LogP contribution in [0.3, 0.4) is 0 Å². The number of aromatic nitrogens is 2. The van der Waals surface area contributed by atoms with E-state index in [1.165, 1.54) is 0 Å². The van der Waals surface area contributed by atoms with E-state index in [1.54, 1.807) is 17.8 Å². The highest BCUT2D eigenvalue weighted by Gasteiger charge is 2.20. The molecule has 0 aromatic carbocycles. The maximum atomic E-state index is 9.61. The van der Waals surface area contributed by atoms with Crippen LogP contribution in [0.4, 0.5) is 0 Å². The molecule has 1 atom stereocenters. The normalized spacial score (nSPS) is 15.9. The third-order valence-electron chi connectivity index (χ3n) is 2.16. The zero-order valence-electron chi connectivity index (χ0n) is 8.94. The van der Waals surface area contributed by atoms with Crippen LogP contribution in [0.5, 0.6) is 0 Å². The van der Waals surface area contributed by atoms with Crippen molar-refractivity contribution in [3.8, 4) is 0 Å². The van der Waals surface area contributed by atoms with Gasteiger partial charge >= 0.3 is 0 Å². The molecule has 14 heavy (non-hydrogen) atoms. The Hall–Kier alpha value is -0.870. The Morgan fingerprint density at radius 2 is 2.21 bits per heavy atom. The van der Waals surface area contributed by atoms with Crippen LogP contribution in [0.1, 0.15) is 32.3 Å². The van der Waals surface area contributed by atoms with Crippen molar-refractivity contribution in [2.45, 2.75) is 38.8 Å². The predicted molar refractivity (Wildman–Crippen MR) is 54.0 cm³/mol. The van der Waals surface area contributed by atoms with Crippen LogP contribution in [-0.4, -0.2) is 32.2 Å². The maximum absolute atomic E-state index is 9.61. The fraction of sp³-hybridized carbons (Fsp3) is 0.700. The van der Waals surface area contributed by atoms with Gasteiger partial charge in [0.25, 0.3) is 0 Å². The smallest absolute Gasteiger partial charge is 0.104 e. The lowest BCUT2D eigenvalue weighted by atomic mass is 10.1. The van der Waals surface area contributed by atoms with E-state index in [9.17, 15) is 5.11 Å². The highest BCUT2D eigenvalue weighted by molar-refractivity contribution is 5.08. The van der Waals surface area contributed by atoms with Gasteiger partial charge < -0.3 is 10.2 Å². The molecule has 0 aliphatic carbocycles. The average molecular weight is 198 g/mol. The lowest BCUT2D eigenvalue weighted by molar-refractivity contribution is -0.0145. The molecule has 1 unspecified atom stereocenters. The van der Waals surface area contributed by atoms with Crippen molar-refractivity contribution < 1.29 is 10.2 Å². The second-order valence-electron chi connectivity index (χ2n) is 4.28. The van der Waals surface area contributed by atoms with Crippen molar-refractivity contribution in [2.75, 3.05) is 6.61 Å². The molecule has 0 amide bonds. The van der Waals surface area contributed by atoms with Crippen LogP contribution in [0, 0.1) is 0 Å². The molecule has 4 heteroatoms. The molecule has 1 aromatic rings. The number of aliphatic hydroxyl groups excluding tert-OH is 1. The molecule has 0 aliphatic heterocycles. The highest BCUT2D eigenvalue weighted by Crippen LogP contribution is 2.14. The van der Waals surface area contributed by atoms with E-state index in [4.69, 9.17) is 5.11 Å². The Balaban J connectivity index is 2.69. The van der Waals surface area contributed by atoms with Crippen molar-refractivity contribution in [1.82, 2.24) is 9.78 Å². The number of hydrogen-bond acceptors (Lipinski definition) is 3.